The summed E-state index contributed by atoms with van der Waals surface area (Å²) in [5, 5.41) is 0. The van der Waals surface area contributed by atoms with Crippen LogP contribution < -0.4 is 15.5 Å². The van der Waals surface area contributed by atoms with Crippen molar-refractivity contribution in [2.24, 2.45) is 11.7 Å². The maximum Gasteiger partial charge on any atom is 0.328 e. The van der Waals surface area contributed by atoms with Crippen molar-refractivity contribution in [3.05, 3.63) is 84.4 Å². The molecule has 0 saturated heterocycles. The summed E-state index contributed by atoms with van der Waals surface area (Å²) in [6.45, 7) is 6.94. The SMILES string of the molecule is CCCc1ccc(-c2ccc(N(C[C@@H](N)[C@@H](C)CC)C(=O)N(C)c3ccccc3)cc2)cc1. The van der Waals surface area contributed by atoms with Gasteiger partial charge in [-0.2, -0.15) is 0 Å². The third-order valence-electron chi connectivity index (χ3n) is 6.43. The van der Waals surface area contributed by atoms with Gasteiger partial charge in [-0.1, -0.05) is 88.2 Å². The van der Waals surface area contributed by atoms with E-state index in [2.05, 4.69) is 57.2 Å². The van der Waals surface area contributed by atoms with Crippen LogP contribution in [0.3, 0.4) is 0 Å². The topological polar surface area (TPSA) is 49.6 Å². The highest BCUT2D eigenvalue weighted by molar-refractivity contribution is 6.03. The predicted octanol–water partition coefficient (Wildman–Crippen LogP) is 6.74. The number of carbonyl (C=O) groups is 1. The van der Waals surface area contributed by atoms with Gasteiger partial charge in [0.25, 0.3) is 0 Å². The lowest BCUT2D eigenvalue weighted by molar-refractivity contribution is 0.251. The van der Waals surface area contributed by atoms with Gasteiger partial charge in [0, 0.05) is 31.0 Å². The molecule has 174 valence electrons. The minimum absolute atomic E-state index is 0.0865. The third-order valence-corrected chi connectivity index (χ3v) is 6.43. The number of carbonyl (C=O) groups excluding carboxylic acids is 1. The molecule has 2 N–H and O–H groups in total. The van der Waals surface area contributed by atoms with Crippen LogP contribution in [0.25, 0.3) is 11.1 Å². The molecule has 33 heavy (non-hydrogen) atoms. The molecular weight excluding hydrogens is 406 g/mol. The van der Waals surface area contributed by atoms with Crippen LogP contribution in [-0.2, 0) is 6.42 Å². The van der Waals surface area contributed by atoms with Crippen molar-refractivity contribution in [2.75, 3.05) is 23.4 Å². The number of hydrogen-bond acceptors (Lipinski definition) is 2. The number of nitrogens with two attached hydrogens (primary N) is 1. The van der Waals surface area contributed by atoms with Gasteiger partial charge in [-0.3, -0.25) is 9.80 Å². The summed E-state index contributed by atoms with van der Waals surface area (Å²) in [6.07, 6.45) is 3.22. The van der Waals surface area contributed by atoms with Crippen molar-refractivity contribution in [1.82, 2.24) is 0 Å². The zero-order chi connectivity index (χ0) is 23.8. The summed E-state index contributed by atoms with van der Waals surface area (Å²) in [4.78, 5) is 17.0. The quantitative estimate of drug-likeness (QED) is 0.398. The van der Waals surface area contributed by atoms with Crippen molar-refractivity contribution in [3.8, 4) is 11.1 Å². The van der Waals surface area contributed by atoms with E-state index >= 15 is 0 Å². The molecule has 0 aromatic heterocycles. The second kappa shape index (κ2) is 11.7. The average molecular weight is 444 g/mol. The van der Waals surface area contributed by atoms with Crippen LogP contribution in [0, 0.1) is 5.92 Å². The zero-order valence-electron chi connectivity index (χ0n) is 20.4. The first-order chi connectivity index (χ1) is 15.9. The zero-order valence-corrected chi connectivity index (χ0v) is 20.4. The van der Waals surface area contributed by atoms with Gasteiger partial charge in [-0.25, -0.2) is 4.79 Å². The van der Waals surface area contributed by atoms with E-state index in [9.17, 15) is 4.79 Å². The number of hydrogen-bond donors (Lipinski definition) is 1. The number of anilines is 2. The lowest BCUT2D eigenvalue weighted by Crippen LogP contribution is -2.48. The molecule has 2 amide bonds. The van der Waals surface area contributed by atoms with E-state index in [1.54, 1.807) is 9.80 Å². The Hall–Kier alpha value is -3.11. The highest BCUT2D eigenvalue weighted by Gasteiger charge is 2.25. The van der Waals surface area contributed by atoms with Gasteiger partial charge < -0.3 is 5.73 Å². The summed E-state index contributed by atoms with van der Waals surface area (Å²) in [6, 6.07) is 26.5. The minimum Gasteiger partial charge on any atom is -0.326 e. The molecule has 0 fully saturated rings. The van der Waals surface area contributed by atoms with Gasteiger partial charge in [0.1, 0.15) is 0 Å². The van der Waals surface area contributed by atoms with Crippen molar-refractivity contribution < 1.29 is 4.79 Å². The number of aryl methyl sites for hydroxylation is 1. The summed E-state index contributed by atoms with van der Waals surface area (Å²) < 4.78 is 0. The first-order valence-corrected chi connectivity index (χ1v) is 12.0. The average Bonchev–Trinajstić information content (AvgIpc) is 2.87. The fourth-order valence-corrected chi connectivity index (χ4v) is 3.92. The van der Waals surface area contributed by atoms with Crippen molar-refractivity contribution >= 4 is 17.4 Å². The van der Waals surface area contributed by atoms with Gasteiger partial charge >= 0.3 is 6.03 Å². The van der Waals surface area contributed by atoms with Crippen LogP contribution in [0.2, 0.25) is 0 Å². The normalized spacial score (nSPS) is 12.8. The van der Waals surface area contributed by atoms with Crippen LogP contribution in [-0.4, -0.2) is 25.7 Å². The molecule has 0 bridgehead atoms. The Bertz CT molecular complexity index is 999. The van der Waals surface area contributed by atoms with Crippen molar-refractivity contribution in [3.63, 3.8) is 0 Å². The fraction of sp³-hybridized carbons (Fsp3) is 0.345. The maximum atomic E-state index is 13.5. The summed E-state index contributed by atoms with van der Waals surface area (Å²) >= 11 is 0. The Kier molecular flexibility index (Phi) is 8.67. The molecule has 0 saturated carbocycles. The van der Waals surface area contributed by atoms with E-state index in [0.717, 1.165) is 36.2 Å². The summed E-state index contributed by atoms with van der Waals surface area (Å²) in [7, 11) is 1.81. The number of para-hydroxylation sites is 1. The molecule has 0 spiro atoms. The van der Waals surface area contributed by atoms with Gasteiger partial charge in [-0.15, -0.1) is 0 Å². The summed E-state index contributed by atoms with van der Waals surface area (Å²) in [5.41, 5.74) is 11.9. The second-order valence-corrected chi connectivity index (χ2v) is 8.83. The van der Waals surface area contributed by atoms with Gasteiger partial charge in [0.2, 0.25) is 0 Å². The first kappa shape index (κ1) is 24.5. The third kappa shape index (κ3) is 6.23. The van der Waals surface area contributed by atoms with Crippen molar-refractivity contribution in [1.29, 1.82) is 0 Å². The molecule has 0 radical (unpaired) electrons. The monoisotopic (exact) mass is 443 g/mol. The highest BCUT2D eigenvalue weighted by atomic mass is 16.2. The predicted molar refractivity (Wildman–Crippen MR) is 141 cm³/mol. The van der Waals surface area contributed by atoms with Gasteiger partial charge in [0.15, 0.2) is 0 Å². The second-order valence-electron chi connectivity index (χ2n) is 8.83. The Morgan fingerprint density at radius 1 is 0.848 bits per heavy atom. The van der Waals surface area contributed by atoms with E-state index < -0.39 is 0 Å². The molecule has 3 rings (SSSR count). The Morgan fingerprint density at radius 2 is 1.42 bits per heavy atom. The molecule has 3 aromatic carbocycles. The van der Waals surface area contributed by atoms with Crippen LogP contribution in [0.4, 0.5) is 16.2 Å². The molecule has 4 nitrogen and oxygen atoms in total. The molecule has 3 aromatic rings. The Labute approximate surface area is 199 Å². The van der Waals surface area contributed by atoms with E-state index in [1.807, 2.05) is 49.5 Å². The molecule has 0 aliphatic carbocycles. The van der Waals surface area contributed by atoms with E-state index in [-0.39, 0.29) is 12.1 Å². The highest BCUT2D eigenvalue weighted by Crippen LogP contribution is 2.26. The molecule has 0 aliphatic rings. The number of nitrogens with zero attached hydrogens (tertiary/aromatic N) is 2. The van der Waals surface area contributed by atoms with E-state index in [4.69, 9.17) is 5.73 Å². The van der Waals surface area contributed by atoms with Crippen LogP contribution >= 0.6 is 0 Å². The number of rotatable bonds is 9. The molecule has 0 heterocycles. The molecule has 2 atom stereocenters. The lowest BCUT2D eigenvalue weighted by Gasteiger charge is -2.32. The molecular formula is C29H37N3O. The van der Waals surface area contributed by atoms with Crippen LogP contribution in [0.15, 0.2) is 78.9 Å². The maximum absolute atomic E-state index is 13.5. The summed E-state index contributed by atoms with van der Waals surface area (Å²) in [5.74, 6) is 0.322. The van der Waals surface area contributed by atoms with Crippen LogP contribution in [0.5, 0.6) is 0 Å². The first-order valence-electron chi connectivity index (χ1n) is 12.0. The molecule has 0 unspecified atom stereocenters. The van der Waals surface area contributed by atoms with Gasteiger partial charge in [0.05, 0.1) is 0 Å². The lowest BCUT2D eigenvalue weighted by atomic mass is 9.99. The van der Waals surface area contributed by atoms with Gasteiger partial charge in [-0.05, 0) is 53.3 Å². The molecule has 4 heteroatoms. The Balaban J connectivity index is 1.87. The van der Waals surface area contributed by atoms with E-state index in [0.29, 0.717) is 12.5 Å². The fourth-order valence-electron chi connectivity index (χ4n) is 3.92. The molecule has 0 aliphatic heterocycles. The number of urea groups is 1. The number of amides is 2. The standard InChI is InChI=1S/C29H37N3O/c1-5-10-23-13-15-24(16-14-23)25-17-19-27(20-18-25)32(21-28(30)22(3)6-2)29(33)31(4)26-11-8-7-9-12-26/h7-9,11-20,22,28H,5-6,10,21,30H2,1-4H3/t22-,28+/m0/s1. The number of benzene rings is 3. The minimum atomic E-state index is -0.103. The van der Waals surface area contributed by atoms with E-state index in [1.165, 1.54) is 11.1 Å². The van der Waals surface area contributed by atoms with Crippen molar-refractivity contribution in [2.45, 2.75) is 46.1 Å². The largest absolute Gasteiger partial charge is 0.328 e. The smallest absolute Gasteiger partial charge is 0.326 e. The Morgan fingerprint density at radius 3 is 1.97 bits per heavy atom. The van der Waals surface area contributed by atoms with Crippen LogP contribution in [0.1, 0.15) is 39.2 Å².